The smallest absolute Gasteiger partial charge is 0.335 e. The number of anilines is 1. The Balaban J connectivity index is 1.92. The number of halogens is 1. The van der Waals surface area contributed by atoms with Gasteiger partial charge in [-0.3, -0.25) is 4.79 Å². The normalized spacial score (nSPS) is 11.1. The van der Waals surface area contributed by atoms with Gasteiger partial charge in [0.15, 0.2) is 0 Å². The van der Waals surface area contributed by atoms with Gasteiger partial charge in [-0.25, -0.2) is 4.79 Å². The monoisotopic (exact) mass is 463 g/mol. The summed E-state index contributed by atoms with van der Waals surface area (Å²) in [5.74, 6) is -0.921. The third kappa shape index (κ3) is 5.25. The number of carboxylic acids is 1. The van der Waals surface area contributed by atoms with Crippen molar-refractivity contribution in [3.63, 3.8) is 0 Å². The van der Waals surface area contributed by atoms with E-state index in [0.29, 0.717) is 40.0 Å². The lowest BCUT2D eigenvalue weighted by molar-refractivity contribution is -0.112. The van der Waals surface area contributed by atoms with Gasteiger partial charge in [0, 0.05) is 17.1 Å². The number of aryl methyl sites for hydroxylation is 1. The average molecular weight is 464 g/mol. The van der Waals surface area contributed by atoms with E-state index in [-0.39, 0.29) is 11.1 Å². The molecule has 33 heavy (non-hydrogen) atoms. The van der Waals surface area contributed by atoms with Gasteiger partial charge in [-0.2, -0.15) is 5.26 Å². The number of carbonyl (C=O) groups excluding carboxylic acids is 1. The van der Waals surface area contributed by atoms with Gasteiger partial charge in [0.1, 0.15) is 17.4 Å². The predicted molar refractivity (Wildman–Crippen MR) is 127 cm³/mol. The Hall–Kier alpha value is -4.02. The number of aromatic nitrogens is 1. The van der Waals surface area contributed by atoms with Crippen LogP contribution in [0.3, 0.4) is 0 Å². The summed E-state index contributed by atoms with van der Waals surface area (Å²) < 4.78 is 7.18. The van der Waals surface area contributed by atoms with E-state index < -0.39 is 11.9 Å². The summed E-state index contributed by atoms with van der Waals surface area (Å²) in [5.41, 5.74) is 3.19. The molecule has 0 bridgehead atoms. The predicted octanol–water partition coefficient (Wildman–Crippen LogP) is 5.39. The molecule has 0 radical (unpaired) electrons. The maximum absolute atomic E-state index is 12.7. The molecule has 1 aromatic heterocycles. The zero-order valence-corrected chi connectivity index (χ0v) is 19.1. The first-order chi connectivity index (χ1) is 15.7. The van der Waals surface area contributed by atoms with Crippen molar-refractivity contribution in [3.8, 4) is 17.5 Å². The summed E-state index contributed by atoms with van der Waals surface area (Å²) in [6.07, 6.45) is 1.50. The van der Waals surface area contributed by atoms with Crippen LogP contribution in [0.1, 0.15) is 34.2 Å². The Morgan fingerprint density at radius 1 is 1.18 bits per heavy atom. The van der Waals surface area contributed by atoms with Crippen molar-refractivity contribution in [2.45, 2.75) is 20.8 Å². The maximum Gasteiger partial charge on any atom is 0.335 e. The molecule has 0 unspecified atom stereocenters. The Morgan fingerprint density at radius 3 is 2.48 bits per heavy atom. The van der Waals surface area contributed by atoms with E-state index in [2.05, 4.69) is 5.32 Å². The third-order valence-electron chi connectivity index (χ3n) is 4.99. The van der Waals surface area contributed by atoms with E-state index in [9.17, 15) is 20.0 Å². The van der Waals surface area contributed by atoms with Crippen LogP contribution in [0.15, 0.2) is 54.1 Å². The van der Waals surface area contributed by atoms with E-state index in [1.54, 1.807) is 34.9 Å². The molecule has 0 spiro atoms. The second kappa shape index (κ2) is 10.1. The fourth-order valence-electron chi connectivity index (χ4n) is 3.43. The van der Waals surface area contributed by atoms with E-state index in [1.165, 1.54) is 24.3 Å². The van der Waals surface area contributed by atoms with Crippen LogP contribution in [0.4, 0.5) is 5.69 Å². The number of amides is 1. The van der Waals surface area contributed by atoms with Crippen LogP contribution in [-0.2, 0) is 4.79 Å². The molecule has 0 aliphatic carbocycles. The minimum atomic E-state index is -1.06. The van der Waals surface area contributed by atoms with Crippen molar-refractivity contribution in [2.24, 2.45) is 0 Å². The average Bonchev–Trinajstić information content (AvgIpc) is 3.06. The lowest BCUT2D eigenvalue weighted by atomic mass is 10.1. The summed E-state index contributed by atoms with van der Waals surface area (Å²) in [6.45, 7) is 6.06. The zero-order valence-electron chi connectivity index (χ0n) is 18.3. The number of hydrogen-bond acceptors (Lipinski definition) is 4. The van der Waals surface area contributed by atoms with Crippen molar-refractivity contribution in [1.82, 2.24) is 4.57 Å². The first kappa shape index (κ1) is 23.6. The molecule has 0 saturated carbocycles. The van der Waals surface area contributed by atoms with Gasteiger partial charge < -0.3 is 19.7 Å². The molecule has 168 valence electrons. The molecule has 3 aromatic rings. The lowest BCUT2D eigenvalue weighted by Crippen LogP contribution is -2.13. The summed E-state index contributed by atoms with van der Waals surface area (Å²) in [5, 5.41) is 22.0. The quantitative estimate of drug-likeness (QED) is 0.361. The number of hydrogen-bond donors (Lipinski definition) is 2. The molecule has 1 amide bonds. The topological polar surface area (TPSA) is 104 Å². The van der Waals surface area contributed by atoms with Gasteiger partial charge in [-0.05, 0) is 80.9 Å². The van der Waals surface area contributed by atoms with Crippen LogP contribution >= 0.6 is 11.6 Å². The Morgan fingerprint density at radius 2 is 1.88 bits per heavy atom. The van der Waals surface area contributed by atoms with Crippen LogP contribution in [-0.4, -0.2) is 28.2 Å². The Bertz CT molecular complexity index is 1280. The first-order valence-electron chi connectivity index (χ1n) is 10.1. The van der Waals surface area contributed by atoms with Crippen LogP contribution in [0.25, 0.3) is 11.8 Å². The lowest BCUT2D eigenvalue weighted by Gasteiger charge is -2.12. The molecule has 2 N–H and O–H groups in total. The number of nitrogens with one attached hydrogen (secondary N) is 1. The van der Waals surface area contributed by atoms with Crippen LogP contribution in [0.2, 0.25) is 5.02 Å². The van der Waals surface area contributed by atoms with E-state index in [0.717, 1.165) is 5.69 Å². The van der Waals surface area contributed by atoms with E-state index in [1.807, 2.05) is 26.8 Å². The SMILES string of the molecule is CCOc1ccc(NC(=O)/C(C#N)=C\c2cc(C)n(-c3cc(C(=O)O)ccc3Cl)c2C)cc1. The summed E-state index contributed by atoms with van der Waals surface area (Å²) in [7, 11) is 0. The van der Waals surface area contributed by atoms with Crippen LogP contribution in [0.5, 0.6) is 5.75 Å². The highest BCUT2D eigenvalue weighted by Crippen LogP contribution is 2.29. The summed E-state index contributed by atoms with van der Waals surface area (Å²) in [6, 6.07) is 15.1. The standard InChI is InChI=1S/C25H22ClN3O4/c1-4-33-21-8-6-20(7-9-21)28-24(30)19(14-27)12-18-11-15(2)29(16(18)3)23-13-17(25(31)32)5-10-22(23)26/h5-13H,4H2,1-3H3,(H,28,30)(H,31,32)/b19-12-. The summed E-state index contributed by atoms with van der Waals surface area (Å²) >= 11 is 6.34. The fourth-order valence-corrected chi connectivity index (χ4v) is 3.63. The zero-order chi connectivity index (χ0) is 24.1. The molecule has 0 fully saturated rings. The van der Waals surface area contributed by atoms with Gasteiger partial charge in [0.2, 0.25) is 0 Å². The molecular formula is C25H22ClN3O4. The number of nitriles is 1. The van der Waals surface area contributed by atoms with Crippen molar-refractivity contribution in [2.75, 3.05) is 11.9 Å². The molecule has 0 aliphatic heterocycles. The molecule has 8 heteroatoms. The van der Waals surface area contributed by atoms with Gasteiger partial charge in [0.05, 0.1) is 22.9 Å². The van der Waals surface area contributed by atoms with Crippen LogP contribution < -0.4 is 10.1 Å². The number of carboxylic acid groups (broad SMARTS) is 1. The Kier molecular flexibility index (Phi) is 7.21. The highest BCUT2D eigenvalue weighted by Gasteiger charge is 2.17. The molecule has 7 nitrogen and oxygen atoms in total. The Labute approximate surface area is 196 Å². The molecular weight excluding hydrogens is 442 g/mol. The number of ether oxygens (including phenoxy) is 1. The van der Waals surface area contributed by atoms with E-state index >= 15 is 0 Å². The second-order valence-electron chi connectivity index (χ2n) is 7.21. The number of nitrogens with zero attached hydrogens (tertiary/aromatic N) is 2. The van der Waals surface area contributed by atoms with Gasteiger partial charge >= 0.3 is 5.97 Å². The molecule has 0 atom stereocenters. The number of carbonyl (C=O) groups is 2. The largest absolute Gasteiger partial charge is 0.494 e. The van der Waals surface area contributed by atoms with Gasteiger partial charge in [-0.15, -0.1) is 0 Å². The van der Waals surface area contributed by atoms with E-state index in [4.69, 9.17) is 16.3 Å². The first-order valence-corrected chi connectivity index (χ1v) is 10.5. The molecule has 0 saturated heterocycles. The van der Waals surface area contributed by atoms with Gasteiger partial charge in [0.25, 0.3) is 5.91 Å². The van der Waals surface area contributed by atoms with Crippen molar-refractivity contribution in [3.05, 3.63) is 81.6 Å². The minimum absolute atomic E-state index is 0.0745. The fraction of sp³-hybridized carbons (Fsp3) is 0.160. The van der Waals surface area contributed by atoms with Gasteiger partial charge in [-0.1, -0.05) is 11.6 Å². The number of aromatic carboxylic acids is 1. The molecule has 0 aliphatic rings. The molecule has 1 heterocycles. The third-order valence-corrected chi connectivity index (χ3v) is 5.31. The van der Waals surface area contributed by atoms with Crippen molar-refractivity contribution in [1.29, 1.82) is 5.26 Å². The van der Waals surface area contributed by atoms with Crippen molar-refractivity contribution >= 4 is 35.2 Å². The highest BCUT2D eigenvalue weighted by atomic mass is 35.5. The minimum Gasteiger partial charge on any atom is -0.494 e. The second-order valence-corrected chi connectivity index (χ2v) is 7.62. The van der Waals surface area contributed by atoms with Crippen LogP contribution in [0, 0.1) is 25.2 Å². The number of rotatable bonds is 7. The highest BCUT2D eigenvalue weighted by molar-refractivity contribution is 6.32. The maximum atomic E-state index is 12.7. The molecule has 3 rings (SSSR count). The number of benzene rings is 2. The van der Waals surface area contributed by atoms with Crippen molar-refractivity contribution < 1.29 is 19.4 Å². The summed E-state index contributed by atoms with van der Waals surface area (Å²) in [4.78, 5) is 24.1. The molecule has 2 aromatic carbocycles.